The van der Waals surface area contributed by atoms with Gasteiger partial charge in [0.15, 0.2) is 22.8 Å². The third kappa shape index (κ3) is 21.0. The molecule has 11 N–H and O–H groups in total. The number of aliphatic hydroxyl groups is 3. The average molecular weight is 1110 g/mol. The van der Waals surface area contributed by atoms with Gasteiger partial charge in [0, 0.05) is 36.1 Å². The van der Waals surface area contributed by atoms with E-state index < -0.39 is 107 Å². The van der Waals surface area contributed by atoms with Crippen LogP contribution in [-0.2, 0) is 55.5 Å². The summed E-state index contributed by atoms with van der Waals surface area (Å²) >= 11 is 1.10. The molecular formula is C40H71N7O19P4S. The standard InChI is InChI=1S/C40H71N7O19P4S/c1-38(2,36(53)54)16-11-7-9-13-25(48)14-10-8-12-17-39(3,4)37(55)71-20-19-42-27(49)15-18-43-34(52)31(51)40(5,6)22-63-69(58,59)66-68(56,57)62-21-26-30(65-70(60,61)67)29(50)35(64-26)47-24-46-28-32(41)44-23-45-33(28)47/h23-26,29-31,35,48,50-51H,7-22,67H2,1-6H3,(H,42,49)(H,43,52)(H,53,54)(H,56,57)(H,58,59)(H,60,61)(H2,41,44,45)/t25?,26-,29+,30?,31?,35-/m1/s1. The number of phosphoric acid groups is 2. The number of nitrogens with two attached hydrogens (primary N) is 1. The fourth-order valence-electron chi connectivity index (χ4n) is 7.09. The summed E-state index contributed by atoms with van der Waals surface area (Å²) in [6.07, 6.45) is 0.877. The van der Waals surface area contributed by atoms with Gasteiger partial charge in [-0.05, 0) is 48.5 Å². The minimum absolute atomic E-state index is 0.0127. The second-order valence-electron chi connectivity index (χ2n) is 19.2. The van der Waals surface area contributed by atoms with E-state index in [1.807, 2.05) is 13.8 Å². The van der Waals surface area contributed by atoms with Gasteiger partial charge in [0.25, 0.3) is 0 Å². The summed E-state index contributed by atoms with van der Waals surface area (Å²) in [6.45, 7) is 7.72. The molecule has 0 bridgehead atoms. The lowest BCUT2D eigenvalue weighted by Crippen LogP contribution is -2.46. The zero-order chi connectivity index (χ0) is 53.6. The summed E-state index contributed by atoms with van der Waals surface area (Å²) in [5, 5.41) is 46.3. The Kier molecular flexibility index (Phi) is 24.1. The van der Waals surface area contributed by atoms with E-state index in [1.54, 1.807) is 13.8 Å². The van der Waals surface area contributed by atoms with E-state index in [1.165, 1.54) is 33.7 Å². The van der Waals surface area contributed by atoms with Crippen LogP contribution in [0.3, 0.4) is 0 Å². The number of rotatable bonds is 33. The normalized spacial score (nSPS) is 21.2. The third-order valence-corrected chi connectivity index (χ3v) is 16.3. The zero-order valence-corrected chi connectivity index (χ0v) is 45.3. The second-order valence-corrected chi connectivity index (χ2v) is 26.6. The number of amides is 2. The number of carboxylic acids is 1. The van der Waals surface area contributed by atoms with Crippen LogP contribution in [0.2, 0.25) is 0 Å². The molecule has 1 saturated heterocycles. The molecule has 0 aliphatic carbocycles. The first-order valence-electron chi connectivity index (χ1n) is 22.8. The van der Waals surface area contributed by atoms with E-state index >= 15 is 0 Å². The van der Waals surface area contributed by atoms with Gasteiger partial charge >= 0.3 is 28.9 Å². The van der Waals surface area contributed by atoms with Gasteiger partial charge < -0.3 is 56.2 Å². The molecule has 3 heterocycles. The number of aliphatic carboxylic acids is 1. The Hall–Kier alpha value is -2.54. The van der Waals surface area contributed by atoms with Crippen LogP contribution in [0.1, 0.15) is 118 Å². The van der Waals surface area contributed by atoms with Crippen LogP contribution in [-0.4, -0.2) is 140 Å². The van der Waals surface area contributed by atoms with Crippen molar-refractivity contribution in [3.63, 3.8) is 0 Å². The minimum atomic E-state index is -5.54. The van der Waals surface area contributed by atoms with Crippen molar-refractivity contribution >= 4 is 83.5 Å². The number of nitrogens with one attached hydrogen (secondary N) is 2. The number of phosphoric ester groups is 2. The van der Waals surface area contributed by atoms with E-state index in [-0.39, 0.29) is 41.6 Å². The number of anilines is 1. The summed E-state index contributed by atoms with van der Waals surface area (Å²) in [6, 6.07) is 0. The van der Waals surface area contributed by atoms with Gasteiger partial charge in [-0.2, -0.15) is 4.31 Å². The number of aliphatic hydroxyl groups excluding tert-OH is 3. The van der Waals surface area contributed by atoms with E-state index in [0.717, 1.165) is 56.6 Å². The number of imidazole rings is 1. The number of aromatic nitrogens is 4. The molecule has 406 valence electrons. The molecule has 7 unspecified atom stereocenters. The summed E-state index contributed by atoms with van der Waals surface area (Å²) in [5.41, 5.74) is 3.04. The maximum atomic E-state index is 12.9. The van der Waals surface area contributed by atoms with Crippen molar-refractivity contribution in [1.29, 1.82) is 0 Å². The second kappa shape index (κ2) is 27.3. The van der Waals surface area contributed by atoms with Gasteiger partial charge in [-0.15, -0.1) is 0 Å². The first-order valence-corrected chi connectivity index (χ1v) is 30.0. The van der Waals surface area contributed by atoms with Crippen LogP contribution in [0.15, 0.2) is 12.7 Å². The highest BCUT2D eigenvalue weighted by atomic mass is 32.2. The van der Waals surface area contributed by atoms with Crippen molar-refractivity contribution in [3.8, 4) is 0 Å². The predicted molar refractivity (Wildman–Crippen MR) is 262 cm³/mol. The molecule has 1 aliphatic heterocycles. The van der Waals surface area contributed by atoms with Gasteiger partial charge in [0.2, 0.25) is 11.8 Å². The predicted octanol–water partition coefficient (Wildman–Crippen LogP) is 3.95. The maximum absolute atomic E-state index is 12.9. The maximum Gasteiger partial charge on any atom is 0.481 e. The summed E-state index contributed by atoms with van der Waals surface area (Å²) in [5.74, 6) is -1.94. The van der Waals surface area contributed by atoms with Crippen molar-refractivity contribution in [2.45, 2.75) is 149 Å². The largest absolute Gasteiger partial charge is 0.481 e. The Morgan fingerprint density at radius 1 is 0.887 bits per heavy atom. The molecular weight excluding hydrogens is 1040 g/mol. The zero-order valence-electron chi connectivity index (χ0n) is 40.7. The SMILES string of the molecule is CC(C)(CCCCCC(O)CCCCCC(C)(C)C(=O)SCCNC(=O)CCNC(=O)C(O)C(C)(C)COP(=O)(O)OP(=O)(O)OC[C@H]1O[C@@H](n2cnc3c(N)ncnc32)[C@@H](O)C1OP(=O)(O)P)C(=O)O. The Balaban J connectivity index is 1.34. The van der Waals surface area contributed by atoms with Crippen molar-refractivity contribution < 1.29 is 90.6 Å². The van der Waals surface area contributed by atoms with Gasteiger partial charge in [-0.3, -0.25) is 41.9 Å². The molecule has 3 rings (SSSR count). The molecule has 2 aromatic heterocycles. The molecule has 2 amide bonds. The molecule has 10 atom stereocenters. The average Bonchev–Trinajstić information content (AvgIpc) is 3.82. The number of carbonyl (C=O) groups is 4. The molecule has 31 heteroatoms. The number of ether oxygens (including phenoxy) is 1. The molecule has 0 saturated carbocycles. The van der Waals surface area contributed by atoms with Crippen LogP contribution in [0, 0.1) is 16.2 Å². The first-order chi connectivity index (χ1) is 32.8. The van der Waals surface area contributed by atoms with E-state index in [4.69, 9.17) is 24.0 Å². The Labute approximate surface area is 418 Å². The summed E-state index contributed by atoms with van der Waals surface area (Å²) in [4.78, 5) is 91.7. The van der Waals surface area contributed by atoms with Gasteiger partial charge in [0.05, 0.1) is 31.1 Å². The van der Waals surface area contributed by atoms with Crippen molar-refractivity contribution in [1.82, 2.24) is 30.2 Å². The summed E-state index contributed by atoms with van der Waals surface area (Å²) < 4.78 is 63.7. The van der Waals surface area contributed by atoms with Gasteiger partial charge in [-0.1, -0.05) is 78.0 Å². The minimum Gasteiger partial charge on any atom is -0.481 e. The van der Waals surface area contributed by atoms with E-state index in [2.05, 4.69) is 29.9 Å². The molecule has 0 radical (unpaired) electrons. The number of thioether (sulfide) groups is 1. The molecule has 26 nitrogen and oxygen atoms in total. The quantitative estimate of drug-likeness (QED) is 0.0357. The van der Waals surface area contributed by atoms with Crippen molar-refractivity contribution in [3.05, 3.63) is 12.7 Å². The smallest absolute Gasteiger partial charge is 0.481 e. The van der Waals surface area contributed by atoms with Crippen LogP contribution >= 0.6 is 43.6 Å². The molecule has 1 fully saturated rings. The number of hydrogen-bond acceptors (Lipinski definition) is 20. The molecule has 71 heavy (non-hydrogen) atoms. The summed E-state index contributed by atoms with van der Waals surface area (Å²) in [7, 11) is -13.9. The third-order valence-electron chi connectivity index (χ3n) is 11.6. The van der Waals surface area contributed by atoms with Crippen LogP contribution in [0.5, 0.6) is 0 Å². The number of hydrogen-bond donors (Lipinski definition) is 10. The lowest BCUT2D eigenvalue weighted by molar-refractivity contribution is -0.147. The van der Waals surface area contributed by atoms with Crippen LogP contribution < -0.4 is 16.4 Å². The number of fused-ring (bicyclic) bond motifs is 1. The first kappa shape index (κ1) is 62.8. The van der Waals surface area contributed by atoms with Gasteiger partial charge in [0.1, 0.15) is 36.3 Å². The van der Waals surface area contributed by atoms with Gasteiger partial charge in [-0.25, -0.2) is 24.1 Å². The molecule has 2 aromatic rings. The highest BCUT2D eigenvalue weighted by molar-refractivity contribution is 8.13. The molecule has 1 aliphatic rings. The highest BCUT2D eigenvalue weighted by Crippen LogP contribution is 2.61. The highest BCUT2D eigenvalue weighted by Gasteiger charge is 2.50. The Morgan fingerprint density at radius 2 is 1.49 bits per heavy atom. The van der Waals surface area contributed by atoms with Crippen LogP contribution in [0.4, 0.5) is 5.82 Å². The number of nitrogen functional groups attached to an aromatic ring is 1. The van der Waals surface area contributed by atoms with E-state index in [9.17, 15) is 68.0 Å². The molecule has 0 aromatic carbocycles. The lowest BCUT2D eigenvalue weighted by Gasteiger charge is -2.30. The number of carboxylic acid groups (broad SMARTS) is 1. The number of nitrogens with zero attached hydrogens (tertiary/aromatic N) is 4. The Morgan fingerprint density at radius 3 is 2.10 bits per heavy atom. The number of carbonyl (C=O) groups excluding carboxylic acids is 3. The van der Waals surface area contributed by atoms with Crippen LogP contribution in [0.25, 0.3) is 11.2 Å². The van der Waals surface area contributed by atoms with Crippen molar-refractivity contribution in [2.75, 3.05) is 37.8 Å². The van der Waals surface area contributed by atoms with E-state index in [0.29, 0.717) is 31.4 Å². The van der Waals surface area contributed by atoms with Crippen molar-refractivity contribution in [2.24, 2.45) is 16.2 Å². The number of unbranched alkanes of at least 4 members (excludes halogenated alkanes) is 4. The topological polar surface area (TPSA) is 401 Å². The lowest BCUT2D eigenvalue weighted by atomic mass is 9.87. The Bertz CT molecular complexity index is 2250. The fraction of sp³-hybridized carbons (Fsp3) is 0.775. The fourth-order valence-corrected chi connectivity index (χ4v) is 11.3. The molecule has 0 spiro atoms. The monoisotopic (exact) mass is 1110 g/mol.